The number of rotatable bonds is 31. The molecule has 0 radical (unpaired) electrons. The average molecular weight is 636 g/mol. The monoisotopic (exact) mass is 636 g/mol. The molecule has 0 aliphatic rings. The van der Waals surface area contributed by atoms with E-state index in [1.807, 2.05) is 6.08 Å². The summed E-state index contributed by atoms with van der Waals surface area (Å²) in [6, 6.07) is -0.644. The van der Waals surface area contributed by atoms with E-state index >= 15 is 0 Å². The molecule has 260 valence electrons. The first-order chi connectivity index (χ1) is 22.7. The molecule has 0 fully saturated rings. The molecule has 2 atom stereocenters. The number of hydrogen-bond acceptors (Lipinski definition) is 3. The van der Waals surface area contributed by atoms with Gasteiger partial charge in [0.1, 0.15) is 0 Å². The van der Waals surface area contributed by atoms with E-state index in [9.17, 15) is 15.0 Å². The first-order valence-electron chi connectivity index (χ1n) is 18.5. The third-order valence-corrected chi connectivity index (χ3v) is 7.57. The Labute approximate surface area is 283 Å². The van der Waals surface area contributed by atoms with E-state index in [0.717, 1.165) is 83.5 Å². The highest BCUT2D eigenvalue weighted by molar-refractivity contribution is 5.76. The van der Waals surface area contributed by atoms with Gasteiger partial charge in [-0.25, -0.2) is 0 Å². The van der Waals surface area contributed by atoms with Crippen LogP contribution < -0.4 is 5.32 Å². The zero-order valence-corrected chi connectivity index (χ0v) is 29.5. The second-order valence-corrected chi connectivity index (χ2v) is 11.9. The minimum absolute atomic E-state index is 0.105. The van der Waals surface area contributed by atoms with Crippen LogP contribution in [0.15, 0.2) is 97.2 Å². The van der Waals surface area contributed by atoms with Crippen LogP contribution in [0.4, 0.5) is 0 Å². The Bertz CT molecular complexity index is 906. The lowest BCUT2D eigenvalue weighted by atomic mass is 10.1. The Morgan fingerprint density at radius 1 is 0.543 bits per heavy atom. The van der Waals surface area contributed by atoms with E-state index in [2.05, 4.69) is 104 Å². The second kappa shape index (κ2) is 36.8. The van der Waals surface area contributed by atoms with Crippen LogP contribution >= 0.6 is 0 Å². The maximum Gasteiger partial charge on any atom is 0.220 e. The summed E-state index contributed by atoms with van der Waals surface area (Å²) in [7, 11) is 0. The summed E-state index contributed by atoms with van der Waals surface area (Å²) in [6.45, 7) is 4.12. The van der Waals surface area contributed by atoms with E-state index < -0.39 is 12.1 Å². The highest BCUT2D eigenvalue weighted by atomic mass is 16.3. The fourth-order valence-electron chi connectivity index (χ4n) is 4.74. The van der Waals surface area contributed by atoms with Crippen LogP contribution in [0.5, 0.6) is 0 Å². The number of nitrogens with one attached hydrogen (secondary N) is 1. The molecule has 3 N–H and O–H groups in total. The zero-order valence-electron chi connectivity index (χ0n) is 29.5. The fourth-order valence-corrected chi connectivity index (χ4v) is 4.74. The summed E-state index contributed by atoms with van der Waals surface area (Å²) in [5, 5.41) is 22.8. The van der Waals surface area contributed by atoms with Crippen LogP contribution in [0.1, 0.15) is 142 Å². The van der Waals surface area contributed by atoms with Gasteiger partial charge < -0.3 is 15.5 Å². The van der Waals surface area contributed by atoms with E-state index in [4.69, 9.17) is 0 Å². The van der Waals surface area contributed by atoms with Gasteiger partial charge in [-0.15, -0.1) is 0 Å². The zero-order chi connectivity index (χ0) is 33.6. The molecular weight excluding hydrogens is 566 g/mol. The van der Waals surface area contributed by atoms with Crippen LogP contribution in [-0.2, 0) is 4.79 Å². The summed E-state index contributed by atoms with van der Waals surface area (Å²) >= 11 is 0. The normalized spacial score (nSPS) is 14.3. The van der Waals surface area contributed by atoms with Crippen LogP contribution in [0.3, 0.4) is 0 Å². The molecule has 0 saturated carbocycles. The SMILES string of the molecule is CC/C=C\C/C=C\C/C=C\C/C=C\C/C=C\C/C=C\C/C=C\CCCCCC(=O)NC(CO)C(O)/C=C/CCCCCCCCC. The lowest BCUT2D eigenvalue weighted by Crippen LogP contribution is -2.45. The van der Waals surface area contributed by atoms with Gasteiger partial charge in [-0.2, -0.15) is 0 Å². The number of unbranched alkanes of at least 4 members (excludes halogenated alkanes) is 10. The van der Waals surface area contributed by atoms with E-state index in [-0.39, 0.29) is 12.5 Å². The summed E-state index contributed by atoms with van der Waals surface area (Å²) in [5.74, 6) is -0.105. The lowest BCUT2D eigenvalue weighted by Gasteiger charge is -2.19. The first kappa shape index (κ1) is 43.3. The number of carbonyl (C=O) groups excluding carboxylic acids is 1. The number of hydrogen-bond donors (Lipinski definition) is 3. The van der Waals surface area contributed by atoms with Crippen molar-refractivity contribution in [2.45, 2.75) is 154 Å². The third-order valence-electron chi connectivity index (χ3n) is 7.57. The minimum Gasteiger partial charge on any atom is -0.394 e. The van der Waals surface area contributed by atoms with Crippen LogP contribution in [0.25, 0.3) is 0 Å². The highest BCUT2D eigenvalue weighted by Crippen LogP contribution is 2.10. The Balaban J connectivity index is 3.76. The number of aliphatic hydroxyl groups is 2. The van der Waals surface area contributed by atoms with E-state index in [0.29, 0.717) is 6.42 Å². The average Bonchev–Trinajstić information content (AvgIpc) is 3.06. The lowest BCUT2D eigenvalue weighted by molar-refractivity contribution is -0.123. The van der Waals surface area contributed by atoms with Crippen LogP contribution in [0.2, 0.25) is 0 Å². The molecule has 0 rings (SSSR count). The van der Waals surface area contributed by atoms with Crippen molar-refractivity contribution < 1.29 is 15.0 Å². The molecule has 0 saturated heterocycles. The van der Waals surface area contributed by atoms with Gasteiger partial charge in [0.2, 0.25) is 5.91 Å². The van der Waals surface area contributed by atoms with Crippen molar-refractivity contribution in [3.05, 3.63) is 97.2 Å². The van der Waals surface area contributed by atoms with E-state index in [1.54, 1.807) is 6.08 Å². The number of amides is 1. The smallest absolute Gasteiger partial charge is 0.220 e. The van der Waals surface area contributed by atoms with Crippen molar-refractivity contribution in [1.29, 1.82) is 0 Å². The van der Waals surface area contributed by atoms with Gasteiger partial charge in [0.15, 0.2) is 0 Å². The minimum atomic E-state index is -0.857. The summed E-state index contributed by atoms with van der Waals surface area (Å²) < 4.78 is 0. The molecule has 0 aromatic carbocycles. The molecular formula is C42H69NO3. The molecule has 2 unspecified atom stereocenters. The maximum atomic E-state index is 12.3. The van der Waals surface area contributed by atoms with Crippen molar-refractivity contribution in [1.82, 2.24) is 5.32 Å². The van der Waals surface area contributed by atoms with Gasteiger partial charge in [-0.05, 0) is 77.0 Å². The molecule has 0 aromatic rings. The van der Waals surface area contributed by atoms with Crippen molar-refractivity contribution in [3.63, 3.8) is 0 Å². The molecule has 0 spiro atoms. The van der Waals surface area contributed by atoms with Crippen LogP contribution in [0, 0.1) is 0 Å². The predicted octanol–water partition coefficient (Wildman–Crippen LogP) is 11.1. The number of aliphatic hydroxyl groups excluding tert-OH is 2. The fraction of sp³-hybridized carbons (Fsp3) is 0.595. The Kier molecular flexibility index (Phi) is 34.6. The Hall–Kier alpha value is -2.69. The second-order valence-electron chi connectivity index (χ2n) is 11.9. The van der Waals surface area contributed by atoms with Gasteiger partial charge in [-0.3, -0.25) is 4.79 Å². The van der Waals surface area contributed by atoms with Crippen molar-refractivity contribution in [2.24, 2.45) is 0 Å². The quantitative estimate of drug-likeness (QED) is 0.0524. The molecule has 0 bridgehead atoms. The van der Waals surface area contributed by atoms with E-state index in [1.165, 1.54) is 38.5 Å². The van der Waals surface area contributed by atoms with Gasteiger partial charge >= 0.3 is 0 Å². The standard InChI is InChI=1S/C42H69NO3/c1-3-5-7-9-11-13-14-15-16-17-18-19-20-21-22-23-24-25-26-27-28-30-32-34-36-38-42(46)43-40(39-44)41(45)37-35-33-31-29-12-10-8-6-4-2/h5,7,11,13,15-16,18-19,21-22,24-25,27-28,35,37,40-41,44-45H,3-4,6,8-10,12,14,17,20,23,26,29-34,36,38-39H2,1-2H3,(H,43,46)/b7-5-,13-11-,16-15-,19-18-,22-21-,25-24-,28-27-,37-35+. The number of allylic oxidation sites excluding steroid dienone is 15. The first-order valence-corrected chi connectivity index (χ1v) is 18.5. The van der Waals surface area contributed by atoms with Gasteiger partial charge in [0.25, 0.3) is 0 Å². The molecule has 0 heterocycles. The third kappa shape index (κ3) is 32.7. The Morgan fingerprint density at radius 3 is 1.43 bits per heavy atom. The summed E-state index contributed by atoms with van der Waals surface area (Å²) in [6.07, 6.45) is 54.9. The Morgan fingerprint density at radius 2 is 0.957 bits per heavy atom. The van der Waals surface area contributed by atoms with Crippen molar-refractivity contribution in [3.8, 4) is 0 Å². The van der Waals surface area contributed by atoms with Crippen LogP contribution in [-0.4, -0.2) is 34.9 Å². The largest absolute Gasteiger partial charge is 0.394 e. The predicted molar refractivity (Wildman–Crippen MR) is 202 cm³/mol. The molecule has 0 aliphatic heterocycles. The van der Waals surface area contributed by atoms with Gasteiger partial charge in [-0.1, -0.05) is 156 Å². The van der Waals surface area contributed by atoms with Gasteiger partial charge in [0, 0.05) is 6.42 Å². The summed E-state index contributed by atoms with van der Waals surface area (Å²) in [4.78, 5) is 12.3. The summed E-state index contributed by atoms with van der Waals surface area (Å²) in [5.41, 5.74) is 0. The molecule has 0 aliphatic carbocycles. The van der Waals surface area contributed by atoms with Crippen molar-refractivity contribution >= 4 is 5.91 Å². The molecule has 46 heavy (non-hydrogen) atoms. The number of carbonyl (C=O) groups is 1. The maximum absolute atomic E-state index is 12.3. The molecule has 4 heteroatoms. The molecule has 1 amide bonds. The topological polar surface area (TPSA) is 69.6 Å². The van der Waals surface area contributed by atoms with Gasteiger partial charge in [0.05, 0.1) is 18.8 Å². The molecule has 4 nitrogen and oxygen atoms in total. The highest BCUT2D eigenvalue weighted by Gasteiger charge is 2.17. The van der Waals surface area contributed by atoms with Crippen molar-refractivity contribution in [2.75, 3.05) is 6.61 Å². The molecule has 0 aromatic heterocycles.